The molecule has 0 atom stereocenters. The molecule has 0 aromatic rings. The molecular weight excluding hydrogens is 174 g/mol. The van der Waals surface area contributed by atoms with Gasteiger partial charge in [-0.3, -0.25) is 0 Å². The van der Waals surface area contributed by atoms with Crippen LogP contribution in [0.25, 0.3) is 0 Å². The van der Waals surface area contributed by atoms with Crippen molar-refractivity contribution < 1.29 is 4.74 Å². The fraction of sp³-hybridized carbons (Fsp3) is 1.00. The Morgan fingerprint density at radius 1 is 1.21 bits per heavy atom. The van der Waals surface area contributed by atoms with Gasteiger partial charge in [0.05, 0.1) is 6.61 Å². The highest BCUT2D eigenvalue weighted by Crippen LogP contribution is 2.48. The zero-order valence-electron chi connectivity index (χ0n) is 9.13. The quantitative estimate of drug-likeness (QED) is 0.709. The number of nitrogens with two attached hydrogens (primary N) is 1. The lowest BCUT2D eigenvalue weighted by Gasteiger charge is -2.16. The summed E-state index contributed by atoms with van der Waals surface area (Å²) in [6, 6.07) is 0. The molecule has 14 heavy (non-hydrogen) atoms. The van der Waals surface area contributed by atoms with Crippen LogP contribution >= 0.6 is 0 Å². The van der Waals surface area contributed by atoms with Crippen LogP contribution in [0.5, 0.6) is 0 Å². The summed E-state index contributed by atoms with van der Waals surface area (Å²) in [4.78, 5) is 0. The molecule has 2 rings (SSSR count). The van der Waals surface area contributed by atoms with Crippen LogP contribution in [0.2, 0.25) is 0 Å². The Kier molecular flexibility index (Phi) is 3.45. The lowest BCUT2D eigenvalue weighted by molar-refractivity contribution is 0.0628. The SMILES string of the molecule is NCCC1(COCC2CCCC2)CC1. The van der Waals surface area contributed by atoms with Crippen LogP contribution in [0.3, 0.4) is 0 Å². The Morgan fingerprint density at radius 3 is 2.50 bits per heavy atom. The first-order chi connectivity index (χ1) is 6.85. The van der Waals surface area contributed by atoms with Crippen molar-refractivity contribution in [3.63, 3.8) is 0 Å². The minimum absolute atomic E-state index is 0.507. The third-order valence-electron chi connectivity index (χ3n) is 3.87. The fourth-order valence-electron chi connectivity index (χ4n) is 2.57. The highest BCUT2D eigenvalue weighted by molar-refractivity contribution is 4.93. The minimum atomic E-state index is 0.507. The molecule has 82 valence electrons. The van der Waals surface area contributed by atoms with Gasteiger partial charge in [0.15, 0.2) is 0 Å². The Hall–Kier alpha value is -0.0800. The van der Waals surface area contributed by atoms with Gasteiger partial charge in [0, 0.05) is 6.61 Å². The first-order valence-corrected chi connectivity index (χ1v) is 6.12. The van der Waals surface area contributed by atoms with Crippen molar-refractivity contribution in [3.8, 4) is 0 Å². The van der Waals surface area contributed by atoms with Gasteiger partial charge in [0.1, 0.15) is 0 Å². The fourth-order valence-corrected chi connectivity index (χ4v) is 2.57. The second-order valence-electron chi connectivity index (χ2n) is 5.20. The average molecular weight is 197 g/mol. The van der Waals surface area contributed by atoms with E-state index in [2.05, 4.69) is 0 Å². The topological polar surface area (TPSA) is 35.2 Å². The molecule has 2 nitrogen and oxygen atoms in total. The summed E-state index contributed by atoms with van der Waals surface area (Å²) < 4.78 is 5.84. The molecule has 0 radical (unpaired) electrons. The van der Waals surface area contributed by atoms with Crippen molar-refractivity contribution in [2.75, 3.05) is 19.8 Å². The van der Waals surface area contributed by atoms with E-state index in [1.165, 1.54) is 38.5 Å². The summed E-state index contributed by atoms with van der Waals surface area (Å²) in [5.74, 6) is 0.865. The summed E-state index contributed by atoms with van der Waals surface area (Å²) in [5, 5.41) is 0. The summed E-state index contributed by atoms with van der Waals surface area (Å²) >= 11 is 0. The molecule has 0 amide bonds. The van der Waals surface area contributed by atoms with Gasteiger partial charge < -0.3 is 10.5 Å². The molecule has 0 heterocycles. The molecule has 0 spiro atoms. The lowest BCUT2D eigenvalue weighted by Crippen LogP contribution is -2.17. The van der Waals surface area contributed by atoms with E-state index in [1.807, 2.05) is 0 Å². The number of ether oxygens (including phenoxy) is 1. The van der Waals surface area contributed by atoms with Crippen molar-refractivity contribution in [3.05, 3.63) is 0 Å². The van der Waals surface area contributed by atoms with E-state index in [1.54, 1.807) is 0 Å². The maximum Gasteiger partial charge on any atom is 0.0523 e. The first kappa shape index (κ1) is 10.4. The minimum Gasteiger partial charge on any atom is -0.381 e. The van der Waals surface area contributed by atoms with Crippen LogP contribution < -0.4 is 5.73 Å². The van der Waals surface area contributed by atoms with Gasteiger partial charge in [-0.15, -0.1) is 0 Å². The highest BCUT2D eigenvalue weighted by atomic mass is 16.5. The Bertz CT molecular complexity index is 171. The zero-order valence-corrected chi connectivity index (χ0v) is 9.13. The molecule has 2 aliphatic rings. The summed E-state index contributed by atoms with van der Waals surface area (Å²) in [6.07, 6.45) is 9.47. The van der Waals surface area contributed by atoms with Gasteiger partial charge in [-0.1, -0.05) is 12.8 Å². The molecule has 0 aliphatic heterocycles. The number of hydrogen-bond donors (Lipinski definition) is 1. The lowest BCUT2D eigenvalue weighted by atomic mass is 10.0. The summed E-state index contributed by atoms with van der Waals surface area (Å²) in [6.45, 7) is 2.81. The van der Waals surface area contributed by atoms with E-state index in [0.29, 0.717) is 5.41 Å². The van der Waals surface area contributed by atoms with Crippen LogP contribution in [0, 0.1) is 11.3 Å². The van der Waals surface area contributed by atoms with Crippen molar-refractivity contribution >= 4 is 0 Å². The van der Waals surface area contributed by atoms with Gasteiger partial charge in [-0.05, 0) is 50.0 Å². The predicted octanol–water partition coefficient (Wildman–Crippen LogP) is 2.32. The van der Waals surface area contributed by atoms with Gasteiger partial charge in [0.2, 0.25) is 0 Å². The maximum atomic E-state index is 5.84. The normalized spacial score (nSPS) is 25.5. The van der Waals surface area contributed by atoms with Crippen molar-refractivity contribution in [2.45, 2.75) is 44.9 Å². The number of hydrogen-bond acceptors (Lipinski definition) is 2. The summed E-state index contributed by atoms with van der Waals surface area (Å²) in [5.41, 5.74) is 6.10. The standard InChI is InChI=1S/C12H23NO/c13-8-7-12(5-6-12)10-14-9-11-3-1-2-4-11/h11H,1-10,13H2. The molecule has 2 heteroatoms. The van der Waals surface area contributed by atoms with Crippen LogP contribution in [-0.2, 0) is 4.74 Å². The first-order valence-electron chi connectivity index (χ1n) is 6.12. The maximum absolute atomic E-state index is 5.84. The molecule has 0 aromatic heterocycles. The van der Waals surface area contributed by atoms with Gasteiger partial charge >= 0.3 is 0 Å². The summed E-state index contributed by atoms with van der Waals surface area (Å²) in [7, 11) is 0. The van der Waals surface area contributed by atoms with E-state index >= 15 is 0 Å². The second kappa shape index (κ2) is 4.63. The molecular formula is C12H23NO. The zero-order chi connectivity index (χ0) is 9.86. The third-order valence-corrected chi connectivity index (χ3v) is 3.87. The van der Waals surface area contributed by atoms with Crippen molar-refractivity contribution in [1.29, 1.82) is 0 Å². The molecule has 0 bridgehead atoms. The van der Waals surface area contributed by atoms with Crippen molar-refractivity contribution in [1.82, 2.24) is 0 Å². The molecule has 2 fully saturated rings. The molecule has 2 saturated carbocycles. The third kappa shape index (κ3) is 2.71. The van der Waals surface area contributed by atoms with E-state index in [0.717, 1.165) is 32.1 Å². The van der Waals surface area contributed by atoms with Crippen LogP contribution in [0.1, 0.15) is 44.9 Å². The van der Waals surface area contributed by atoms with Gasteiger partial charge in [0.25, 0.3) is 0 Å². The molecule has 0 saturated heterocycles. The van der Waals surface area contributed by atoms with Crippen molar-refractivity contribution in [2.24, 2.45) is 17.1 Å². The molecule has 0 aromatic carbocycles. The Morgan fingerprint density at radius 2 is 1.93 bits per heavy atom. The molecule has 2 aliphatic carbocycles. The Balaban J connectivity index is 1.58. The van der Waals surface area contributed by atoms with E-state index in [4.69, 9.17) is 10.5 Å². The van der Waals surface area contributed by atoms with E-state index in [-0.39, 0.29) is 0 Å². The van der Waals surface area contributed by atoms with Gasteiger partial charge in [-0.2, -0.15) is 0 Å². The Labute approximate surface area is 87.2 Å². The largest absolute Gasteiger partial charge is 0.381 e. The number of rotatable bonds is 6. The molecule has 2 N–H and O–H groups in total. The smallest absolute Gasteiger partial charge is 0.0523 e. The highest BCUT2D eigenvalue weighted by Gasteiger charge is 2.41. The van der Waals surface area contributed by atoms with E-state index < -0.39 is 0 Å². The predicted molar refractivity (Wildman–Crippen MR) is 58.1 cm³/mol. The second-order valence-corrected chi connectivity index (χ2v) is 5.20. The monoisotopic (exact) mass is 197 g/mol. The van der Waals surface area contributed by atoms with E-state index in [9.17, 15) is 0 Å². The van der Waals surface area contributed by atoms with Crippen LogP contribution in [0.15, 0.2) is 0 Å². The molecule has 0 unspecified atom stereocenters. The average Bonchev–Trinajstić information content (AvgIpc) is 2.75. The van der Waals surface area contributed by atoms with Crippen LogP contribution in [-0.4, -0.2) is 19.8 Å². The van der Waals surface area contributed by atoms with Gasteiger partial charge in [-0.25, -0.2) is 0 Å². The van der Waals surface area contributed by atoms with Crippen LogP contribution in [0.4, 0.5) is 0 Å².